The quantitative estimate of drug-likeness (QED) is 0.166. The van der Waals surface area contributed by atoms with Crippen molar-refractivity contribution in [2.45, 2.75) is 119 Å². The molecule has 0 aliphatic carbocycles. The predicted octanol–water partition coefficient (Wildman–Crippen LogP) is 7.67. The van der Waals surface area contributed by atoms with E-state index in [0.717, 1.165) is 19.8 Å². The van der Waals surface area contributed by atoms with E-state index in [-0.39, 0.29) is 0 Å². The van der Waals surface area contributed by atoms with Crippen LogP contribution in [-0.2, 0) is 10.6 Å². The predicted molar refractivity (Wildman–Crippen MR) is 124 cm³/mol. The third-order valence-corrected chi connectivity index (χ3v) is 8.96. The van der Waals surface area contributed by atoms with Gasteiger partial charge in [-0.2, -0.15) is 0 Å². The Kier molecular flexibility index (Phi) is 21.2. The van der Waals surface area contributed by atoms with Gasteiger partial charge in [0.15, 0.2) is 0 Å². The normalized spacial score (nSPS) is 14.8. The van der Waals surface area contributed by atoms with E-state index in [2.05, 4.69) is 41.5 Å². The van der Waals surface area contributed by atoms with Gasteiger partial charge in [-0.3, -0.25) is 0 Å². The molecule has 28 heavy (non-hydrogen) atoms. The van der Waals surface area contributed by atoms with E-state index in [9.17, 15) is 0 Å². The Morgan fingerprint density at radius 3 is 1.00 bits per heavy atom. The van der Waals surface area contributed by atoms with Gasteiger partial charge in [-0.25, -0.2) is 0 Å². The molecular formula is C24H51GaO3. The van der Waals surface area contributed by atoms with E-state index < -0.39 is 17.3 Å². The molecule has 3 unspecified atom stereocenters. The standard InChI is InChI=1S/3C8H17O.Ga/c3*1-3-5-6-8(4-2)7-9;/h3*8H,3-7H2,1-2H3;/q3*-1;+3. The summed E-state index contributed by atoms with van der Waals surface area (Å²) in [7, 11) is 0. The van der Waals surface area contributed by atoms with Crippen LogP contribution in [0.5, 0.6) is 0 Å². The van der Waals surface area contributed by atoms with Gasteiger partial charge in [-0.1, -0.05) is 0 Å². The van der Waals surface area contributed by atoms with Crippen LogP contribution in [0.1, 0.15) is 119 Å². The van der Waals surface area contributed by atoms with Gasteiger partial charge >= 0.3 is 184 Å². The van der Waals surface area contributed by atoms with Crippen LogP contribution in [-0.4, -0.2) is 37.1 Å². The first-order valence-electron chi connectivity index (χ1n) is 12.5. The Labute approximate surface area is 183 Å². The molecule has 0 heterocycles. The van der Waals surface area contributed by atoms with E-state index in [4.69, 9.17) is 10.6 Å². The summed E-state index contributed by atoms with van der Waals surface area (Å²) in [5.74, 6) is 1.97. The first kappa shape index (κ1) is 28.5. The SMILES string of the molecule is CCCCC(CC)C[O][Ga]([O]CC(CC)CCCC)[O]CC(CC)CCCC. The van der Waals surface area contributed by atoms with Crippen molar-refractivity contribution in [2.24, 2.45) is 17.8 Å². The maximum atomic E-state index is 6.33. The van der Waals surface area contributed by atoms with Crippen molar-refractivity contribution >= 4 is 17.3 Å². The van der Waals surface area contributed by atoms with E-state index >= 15 is 0 Å². The summed E-state index contributed by atoms with van der Waals surface area (Å²) in [5.41, 5.74) is 0. The molecule has 3 nitrogen and oxygen atoms in total. The van der Waals surface area contributed by atoms with Crippen LogP contribution in [0.25, 0.3) is 0 Å². The Bertz CT molecular complexity index is 267. The van der Waals surface area contributed by atoms with E-state index in [0.29, 0.717) is 17.8 Å². The first-order valence-corrected chi connectivity index (χ1v) is 15.5. The Morgan fingerprint density at radius 1 is 0.500 bits per heavy atom. The number of hydrogen-bond acceptors (Lipinski definition) is 3. The Balaban J connectivity index is 4.60. The van der Waals surface area contributed by atoms with Crippen LogP contribution >= 0.6 is 0 Å². The zero-order chi connectivity index (χ0) is 21.0. The molecule has 0 rings (SSSR count). The number of unbranched alkanes of at least 4 members (excludes halogenated alkanes) is 3. The van der Waals surface area contributed by atoms with Crippen LogP contribution in [0, 0.1) is 17.8 Å². The molecule has 0 saturated heterocycles. The summed E-state index contributed by atoms with van der Waals surface area (Å²) in [6.07, 6.45) is 15.1. The minimum absolute atomic E-state index is 0.657. The summed E-state index contributed by atoms with van der Waals surface area (Å²) in [5, 5.41) is 0. The molecule has 3 atom stereocenters. The van der Waals surface area contributed by atoms with Crippen molar-refractivity contribution in [3.05, 3.63) is 0 Å². The molecule has 0 spiro atoms. The van der Waals surface area contributed by atoms with Gasteiger partial charge in [0.1, 0.15) is 0 Å². The summed E-state index contributed by atoms with van der Waals surface area (Å²) in [4.78, 5) is 0. The van der Waals surface area contributed by atoms with Gasteiger partial charge in [-0.05, 0) is 0 Å². The molecule has 0 aromatic heterocycles. The summed E-state index contributed by atoms with van der Waals surface area (Å²) in [6, 6.07) is 0. The topological polar surface area (TPSA) is 27.7 Å². The summed E-state index contributed by atoms with van der Waals surface area (Å²) >= 11 is -2.59. The Hall–Kier alpha value is 0.516. The van der Waals surface area contributed by atoms with Gasteiger partial charge in [-0.15, -0.1) is 0 Å². The molecule has 0 aromatic carbocycles. The summed E-state index contributed by atoms with van der Waals surface area (Å²) in [6.45, 7) is 16.1. The second-order valence-corrected chi connectivity index (χ2v) is 11.8. The fraction of sp³-hybridized carbons (Fsp3) is 1.00. The molecule has 0 aliphatic rings. The fourth-order valence-electron chi connectivity index (χ4n) is 3.48. The van der Waals surface area contributed by atoms with Crippen LogP contribution in [0.3, 0.4) is 0 Å². The van der Waals surface area contributed by atoms with Crippen molar-refractivity contribution < 1.29 is 10.6 Å². The summed E-state index contributed by atoms with van der Waals surface area (Å²) < 4.78 is 19.0. The second kappa shape index (κ2) is 20.8. The van der Waals surface area contributed by atoms with Crippen LogP contribution in [0.2, 0.25) is 0 Å². The molecule has 0 aliphatic heterocycles. The van der Waals surface area contributed by atoms with Gasteiger partial charge < -0.3 is 0 Å². The molecule has 4 heteroatoms. The third-order valence-electron chi connectivity index (χ3n) is 6.03. The molecule has 0 fully saturated rings. The van der Waals surface area contributed by atoms with E-state index in [1.807, 2.05) is 0 Å². The van der Waals surface area contributed by atoms with Gasteiger partial charge in [0.2, 0.25) is 0 Å². The molecule has 0 aromatic rings. The van der Waals surface area contributed by atoms with Gasteiger partial charge in [0, 0.05) is 0 Å². The second-order valence-electron chi connectivity index (χ2n) is 8.54. The van der Waals surface area contributed by atoms with Crippen LogP contribution < -0.4 is 0 Å². The third kappa shape index (κ3) is 15.4. The molecular weight excluding hydrogens is 406 g/mol. The molecule has 0 saturated carbocycles. The molecule has 0 bridgehead atoms. The van der Waals surface area contributed by atoms with Crippen LogP contribution in [0.15, 0.2) is 0 Å². The average molecular weight is 457 g/mol. The average Bonchev–Trinajstić information content (AvgIpc) is 2.73. The van der Waals surface area contributed by atoms with Crippen molar-refractivity contribution in [1.29, 1.82) is 0 Å². The molecule has 0 amide bonds. The van der Waals surface area contributed by atoms with Crippen LogP contribution in [0.4, 0.5) is 0 Å². The van der Waals surface area contributed by atoms with Gasteiger partial charge in [0.05, 0.1) is 0 Å². The van der Waals surface area contributed by atoms with Crippen molar-refractivity contribution in [1.82, 2.24) is 0 Å². The maximum absolute atomic E-state index is 6.33. The number of hydrogen-bond donors (Lipinski definition) is 0. The van der Waals surface area contributed by atoms with Crippen molar-refractivity contribution in [2.75, 3.05) is 19.8 Å². The van der Waals surface area contributed by atoms with Gasteiger partial charge in [0.25, 0.3) is 0 Å². The Morgan fingerprint density at radius 2 is 0.786 bits per heavy atom. The molecule has 168 valence electrons. The zero-order valence-electron chi connectivity index (χ0n) is 20.1. The zero-order valence-corrected chi connectivity index (χ0v) is 22.6. The number of rotatable bonds is 21. The van der Waals surface area contributed by atoms with E-state index in [1.54, 1.807) is 0 Å². The van der Waals surface area contributed by atoms with E-state index in [1.165, 1.54) is 77.0 Å². The monoisotopic (exact) mass is 456 g/mol. The molecule has 0 radical (unpaired) electrons. The van der Waals surface area contributed by atoms with Crippen molar-refractivity contribution in [3.8, 4) is 0 Å². The van der Waals surface area contributed by atoms with Crippen molar-refractivity contribution in [3.63, 3.8) is 0 Å². The molecule has 0 N–H and O–H groups in total. The fourth-order valence-corrected chi connectivity index (χ4v) is 6.79. The first-order chi connectivity index (χ1) is 13.6. The minimum atomic E-state index is -2.59.